The fourth-order valence-corrected chi connectivity index (χ4v) is 4.13. The maximum Gasteiger partial charge on any atom is 0.339 e. The molecular formula is C18H25NO5S. The Morgan fingerprint density at radius 1 is 1.20 bits per heavy atom. The zero-order valence-corrected chi connectivity index (χ0v) is 15.5. The summed E-state index contributed by atoms with van der Waals surface area (Å²) in [5.74, 6) is -0.872. The summed E-state index contributed by atoms with van der Waals surface area (Å²) < 4.78 is 29.2. The maximum atomic E-state index is 12.2. The predicted octanol–water partition coefficient (Wildman–Crippen LogP) is 2.33. The SMILES string of the molecule is CCS(=O)(=O)c1ccccc1C(=O)OCC(=O)N[C@H]1CCCC[C@H]1C. The van der Waals surface area contributed by atoms with Crippen LogP contribution < -0.4 is 5.32 Å². The molecule has 2 atom stereocenters. The molecule has 138 valence electrons. The molecule has 7 heteroatoms. The molecule has 0 spiro atoms. The minimum absolute atomic E-state index is 0.0387. The number of amides is 1. The van der Waals surface area contributed by atoms with Gasteiger partial charge in [0.05, 0.1) is 16.2 Å². The first-order valence-electron chi connectivity index (χ1n) is 8.63. The van der Waals surface area contributed by atoms with E-state index in [-0.39, 0.29) is 28.2 Å². The van der Waals surface area contributed by atoms with Gasteiger partial charge in [0.15, 0.2) is 16.4 Å². The largest absolute Gasteiger partial charge is 0.452 e. The highest BCUT2D eigenvalue weighted by atomic mass is 32.2. The van der Waals surface area contributed by atoms with Gasteiger partial charge in [-0.3, -0.25) is 4.79 Å². The molecule has 1 aromatic carbocycles. The van der Waals surface area contributed by atoms with Crippen molar-refractivity contribution in [2.24, 2.45) is 5.92 Å². The Kier molecular flexibility index (Phi) is 6.58. The Labute approximate surface area is 148 Å². The summed E-state index contributed by atoms with van der Waals surface area (Å²) in [6.45, 7) is 3.20. The van der Waals surface area contributed by atoms with Gasteiger partial charge < -0.3 is 10.1 Å². The van der Waals surface area contributed by atoms with Gasteiger partial charge >= 0.3 is 5.97 Å². The van der Waals surface area contributed by atoms with Crippen LogP contribution in [0.5, 0.6) is 0 Å². The average molecular weight is 367 g/mol. The molecular weight excluding hydrogens is 342 g/mol. The van der Waals surface area contributed by atoms with Crippen LogP contribution in [-0.2, 0) is 19.4 Å². The molecule has 1 saturated carbocycles. The van der Waals surface area contributed by atoms with E-state index in [4.69, 9.17) is 4.74 Å². The summed E-state index contributed by atoms with van der Waals surface area (Å²) in [5.41, 5.74) is -0.0387. The Morgan fingerprint density at radius 3 is 2.56 bits per heavy atom. The van der Waals surface area contributed by atoms with Crippen LogP contribution >= 0.6 is 0 Å². The first-order valence-corrected chi connectivity index (χ1v) is 10.3. The van der Waals surface area contributed by atoms with Crippen molar-refractivity contribution in [1.82, 2.24) is 5.32 Å². The smallest absolute Gasteiger partial charge is 0.339 e. The van der Waals surface area contributed by atoms with Crippen molar-refractivity contribution in [3.8, 4) is 0 Å². The van der Waals surface area contributed by atoms with Gasteiger partial charge in [-0.05, 0) is 30.9 Å². The molecule has 2 rings (SSSR count). The molecule has 1 fully saturated rings. The van der Waals surface area contributed by atoms with Gasteiger partial charge in [-0.25, -0.2) is 13.2 Å². The maximum absolute atomic E-state index is 12.2. The minimum atomic E-state index is -3.54. The fourth-order valence-electron chi connectivity index (χ4n) is 3.05. The lowest BCUT2D eigenvalue weighted by Crippen LogP contribution is -2.42. The number of nitrogens with one attached hydrogen (secondary N) is 1. The molecule has 0 aliphatic heterocycles. The molecule has 0 heterocycles. The van der Waals surface area contributed by atoms with Crippen LogP contribution in [0.3, 0.4) is 0 Å². The molecule has 1 aromatic rings. The van der Waals surface area contributed by atoms with E-state index in [2.05, 4.69) is 12.2 Å². The monoisotopic (exact) mass is 367 g/mol. The van der Waals surface area contributed by atoms with Crippen molar-refractivity contribution < 1.29 is 22.7 Å². The van der Waals surface area contributed by atoms with Gasteiger partial charge in [-0.15, -0.1) is 0 Å². The van der Waals surface area contributed by atoms with Crippen molar-refractivity contribution in [2.75, 3.05) is 12.4 Å². The molecule has 0 saturated heterocycles. The quantitative estimate of drug-likeness (QED) is 0.780. The second-order valence-corrected chi connectivity index (χ2v) is 8.66. The van der Waals surface area contributed by atoms with E-state index in [9.17, 15) is 18.0 Å². The highest BCUT2D eigenvalue weighted by Gasteiger charge is 2.25. The Morgan fingerprint density at radius 2 is 1.88 bits per heavy atom. The molecule has 6 nitrogen and oxygen atoms in total. The van der Waals surface area contributed by atoms with E-state index in [0.717, 1.165) is 19.3 Å². The van der Waals surface area contributed by atoms with E-state index in [1.54, 1.807) is 12.1 Å². The van der Waals surface area contributed by atoms with Gasteiger partial charge in [-0.1, -0.05) is 38.8 Å². The van der Waals surface area contributed by atoms with Crippen molar-refractivity contribution in [3.63, 3.8) is 0 Å². The first-order chi connectivity index (χ1) is 11.8. The predicted molar refractivity (Wildman–Crippen MR) is 94.0 cm³/mol. The fraction of sp³-hybridized carbons (Fsp3) is 0.556. The first kappa shape index (κ1) is 19.4. The molecule has 0 unspecified atom stereocenters. The third kappa shape index (κ3) is 5.04. The molecule has 1 amide bonds. The number of sulfone groups is 1. The van der Waals surface area contributed by atoms with E-state index in [1.807, 2.05) is 0 Å². The van der Waals surface area contributed by atoms with Crippen molar-refractivity contribution in [2.45, 2.75) is 50.5 Å². The molecule has 1 N–H and O–H groups in total. The Hall–Kier alpha value is -1.89. The molecule has 1 aliphatic rings. The summed E-state index contributed by atoms with van der Waals surface area (Å²) in [6.07, 6.45) is 4.26. The number of carbonyl (C=O) groups excluding carboxylic acids is 2. The number of ether oxygens (including phenoxy) is 1. The summed E-state index contributed by atoms with van der Waals surface area (Å²) in [7, 11) is -3.54. The van der Waals surface area contributed by atoms with Crippen LogP contribution in [0.1, 0.15) is 49.9 Å². The van der Waals surface area contributed by atoms with Crippen LogP contribution in [0.4, 0.5) is 0 Å². The molecule has 25 heavy (non-hydrogen) atoms. The summed E-state index contributed by atoms with van der Waals surface area (Å²) in [6, 6.07) is 5.99. The van der Waals surface area contributed by atoms with Crippen molar-refractivity contribution >= 4 is 21.7 Å². The third-order valence-electron chi connectivity index (χ3n) is 4.61. The lowest BCUT2D eigenvalue weighted by Gasteiger charge is -2.29. The topological polar surface area (TPSA) is 89.5 Å². The number of rotatable bonds is 6. The zero-order chi connectivity index (χ0) is 18.4. The zero-order valence-electron chi connectivity index (χ0n) is 14.7. The molecule has 0 bridgehead atoms. The summed E-state index contributed by atoms with van der Waals surface area (Å²) in [4.78, 5) is 24.2. The normalized spacial score (nSPS) is 20.7. The van der Waals surface area contributed by atoms with Crippen LogP contribution in [0.25, 0.3) is 0 Å². The van der Waals surface area contributed by atoms with Gasteiger partial charge in [0, 0.05) is 6.04 Å². The third-order valence-corrected chi connectivity index (χ3v) is 6.40. The molecule has 1 aliphatic carbocycles. The van der Waals surface area contributed by atoms with E-state index in [1.165, 1.54) is 25.5 Å². The molecule has 0 radical (unpaired) electrons. The second kappa shape index (κ2) is 8.47. The van der Waals surface area contributed by atoms with Gasteiger partial charge in [0.2, 0.25) is 0 Å². The number of hydrogen-bond acceptors (Lipinski definition) is 5. The lowest BCUT2D eigenvalue weighted by atomic mass is 9.86. The van der Waals surface area contributed by atoms with Crippen molar-refractivity contribution in [1.29, 1.82) is 0 Å². The number of hydrogen-bond donors (Lipinski definition) is 1. The van der Waals surface area contributed by atoms with Gasteiger partial charge in [0.25, 0.3) is 5.91 Å². The minimum Gasteiger partial charge on any atom is -0.452 e. The number of benzene rings is 1. The molecule has 0 aromatic heterocycles. The Balaban J connectivity index is 1.98. The summed E-state index contributed by atoms with van der Waals surface area (Å²) >= 11 is 0. The van der Waals surface area contributed by atoms with Crippen molar-refractivity contribution in [3.05, 3.63) is 29.8 Å². The van der Waals surface area contributed by atoms with Gasteiger partial charge in [-0.2, -0.15) is 0 Å². The van der Waals surface area contributed by atoms with E-state index < -0.39 is 22.4 Å². The summed E-state index contributed by atoms with van der Waals surface area (Å²) in [5, 5.41) is 2.90. The van der Waals surface area contributed by atoms with E-state index in [0.29, 0.717) is 5.92 Å². The van der Waals surface area contributed by atoms with Crippen LogP contribution in [-0.4, -0.2) is 38.7 Å². The number of carbonyl (C=O) groups is 2. The van der Waals surface area contributed by atoms with E-state index >= 15 is 0 Å². The average Bonchev–Trinajstić information content (AvgIpc) is 2.61. The van der Waals surface area contributed by atoms with Crippen LogP contribution in [0.2, 0.25) is 0 Å². The standard InChI is InChI=1S/C18H25NO5S/c1-3-25(22,23)16-11-7-5-9-14(16)18(21)24-12-17(20)19-15-10-6-4-8-13(15)2/h5,7,9,11,13,15H,3-4,6,8,10,12H2,1-2H3,(H,19,20)/t13-,15+/m1/s1. The van der Waals surface area contributed by atoms with Crippen LogP contribution in [0.15, 0.2) is 29.2 Å². The highest BCUT2D eigenvalue weighted by Crippen LogP contribution is 2.23. The van der Waals surface area contributed by atoms with Crippen LogP contribution in [0, 0.1) is 5.92 Å². The number of esters is 1. The second-order valence-electron chi connectivity index (χ2n) is 6.41. The Bertz CT molecular complexity index is 729. The lowest BCUT2D eigenvalue weighted by molar-refractivity contribution is -0.125. The highest BCUT2D eigenvalue weighted by molar-refractivity contribution is 7.91. The van der Waals surface area contributed by atoms with Gasteiger partial charge in [0.1, 0.15) is 0 Å².